The second kappa shape index (κ2) is 65.8. The van der Waals surface area contributed by atoms with E-state index in [-0.39, 0.29) is 12.5 Å². The molecular weight excluding hydrogens is 1080 g/mol. The largest absolute Gasteiger partial charge is 0.756 e. The number of phosphoric ester groups is 1. The molecule has 1 amide bonds. The van der Waals surface area contributed by atoms with Crippen molar-refractivity contribution >= 4 is 13.7 Å². The molecule has 0 aliphatic heterocycles. The first-order valence-corrected chi connectivity index (χ1v) is 36.7. The van der Waals surface area contributed by atoms with Gasteiger partial charge >= 0.3 is 0 Å². The number of hydrogen-bond acceptors (Lipinski definition) is 6. The molecule has 0 fully saturated rings. The summed E-state index contributed by atoms with van der Waals surface area (Å²) in [6.07, 6.45) is 101. The highest BCUT2D eigenvalue weighted by Crippen LogP contribution is 2.38. The zero-order valence-electron chi connectivity index (χ0n) is 56.2. The summed E-state index contributed by atoms with van der Waals surface area (Å²) in [5, 5.41) is 13.9. The van der Waals surface area contributed by atoms with Gasteiger partial charge < -0.3 is 28.8 Å². The van der Waals surface area contributed by atoms with Crippen LogP contribution in [-0.4, -0.2) is 68.5 Å². The van der Waals surface area contributed by atoms with Gasteiger partial charge in [0.1, 0.15) is 13.2 Å². The van der Waals surface area contributed by atoms with Gasteiger partial charge in [0.05, 0.1) is 39.9 Å². The Morgan fingerprint density at radius 2 is 0.721 bits per heavy atom. The Hall–Kier alpha value is -3.62. The number of nitrogens with zero attached hydrogens (tertiary/aromatic N) is 1. The Kier molecular flexibility index (Phi) is 63.0. The molecule has 0 aliphatic rings. The zero-order chi connectivity index (χ0) is 62.6. The van der Waals surface area contributed by atoms with Crippen molar-refractivity contribution in [3.8, 4) is 0 Å². The molecule has 2 N–H and O–H groups in total. The highest BCUT2D eigenvalue weighted by molar-refractivity contribution is 7.45. The number of aliphatic hydroxyl groups is 1. The molecule has 492 valence electrons. The lowest BCUT2D eigenvalue weighted by atomic mass is 10.0. The van der Waals surface area contributed by atoms with Crippen LogP contribution in [0.2, 0.25) is 0 Å². The number of allylic oxidation sites excluding steroid dienone is 23. The van der Waals surface area contributed by atoms with E-state index in [1.165, 1.54) is 141 Å². The first-order valence-electron chi connectivity index (χ1n) is 35.2. The molecule has 86 heavy (non-hydrogen) atoms. The Morgan fingerprint density at radius 3 is 1.08 bits per heavy atom. The van der Waals surface area contributed by atoms with Gasteiger partial charge in [0.2, 0.25) is 5.91 Å². The number of aliphatic hydroxyl groups excluding tert-OH is 1. The molecule has 9 heteroatoms. The number of carbonyl (C=O) groups excluding carboxylic acids is 1. The number of rotatable bonds is 63. The van der Waals surface area contributed by atoms with Crippen LogP contribution in [0.25, 0.3) is 0 Å². The standard InChI is InChI=1S/C77H133N2O6P/c1-6-8-10-12-14-16-18-20-22-24-26-28-30-32-34-36-38-39-41-43-45-47-49-51-53-55-57-59-61-63-65-67-69-71-77(81)78-75(74-85-86(82,83)84-73-72-79(3,4)5)76(80)70-68-66-64-62-60-58-56-54-52-50-48-46-44-42-40-37-35-33-31-29-27-25-23-21-19-17-15-13-11-9-7-2/h8,10,14,16,20,22,26,28,32,34,38-39,43,45,49,51-52,54-55,57,60,62,68,70,75-76,80H,6-7,9,11-13,15,17-19,21,23-25,27,29-31,33,35-37,40-42,44,46-48,50,53,56,58-59,61,63-67,69,71-74H2,1-5H3,(H-,78,81,82,83)/b10-8-,16-14-,22-20-,28-26-,34-32-,39-38-,45-43-,51-49-,54-52+,57-55-,62-60+,70-68+. The van der Waals surface area contributed by atoms with Crippen LogP contribution in [0, 0.1) is 0 Å². The monoisotopic (exact) mass is 1210 g/mol. The molecule has 0 saturated heterocycles. The second-order valence-electron chi connectivity index (χ2n) is 24.5. The van der Waals surface area contributed by atoms with Crippen LogP contribution in [0.4, 0.5) is 0 Å². The molecule has 3 unspecified atom stereocenters. The fourth-order valence-electron chi connectivity index (χ4n) is 9.59. The molecule has 0 aromatic carbocycles. The minimum Gasteiger partial charge on any atom is -0.756 e. The van der Waals surface area contributed by atoms with E-state index in [1.807, 2.05) is 27.2 Å². The third kappa shape index (κ3) is 67.9. The number of likely N-dealkylation sites (N-methyl/N-ethyl adjacent to an activating group) is 1. The van der Waals surface area contributed by atoms with Gasteiger partial charge in [-0.2, -0.15) is 0 Å². The SMILES string of the molecule is CC/C=C\C/C=C\C/C=C\C/C=C\C/C=C\C/C=C\C/C=C\C/C=C\C/C=C\CCCCCCCC(=O)NC(COP(=O)([O-])OCC[N+](C)(C)C)C(O)/C=C/CC/C=C/CC/C=C/CCCCCCCCCCCCCCCCCCCCCCC. The van der Waals surface area contributed by atoms with E-state index >= 15 is 0 Å². The maximum absolute atomic E-state index is 13.0. The number of carbonyl (C=O) groups is 1. The summed E-state index contributed by atoms with van der Waals surface area (Å²) in [5.74, 6) is -0.234. The summed E-state index contributed by atoms with van der Waals surface area (Å²) in [5.41, 5.74) is 0. The molecule has 0 radical (unpaired) electrons. The Labute approximate surface area is 531 Å². The summed E-state index contributed by atoms with van der Waals surface area (Å²) in [6, 6.07) is -0.934. The smallest absolute Gasteiger partial charge is 0.268 e. The number of quaternary nitrogens is 1. The minimum atomic E-state index is -4.63. The van der Waals surface area contributed by atoms with E-state index in [2.05, 4.69) is 153 Å². The summed E-state index contributed by atoms with van der Waals surface area (Å²) >= 11 is 0. The van der Waals surface area contributed by atoms with Crippen molar-refractivity contribution in [1.82, 2.24) is 5.32 Å². The highest BCUT2D eigenvalue weighted by atomic mass is 31.2. The maximum Gasteiger partial charge on any atom is 0.268 e. The number of hydrogen-bond donors (Lipinski definition) is 2. The van der Waals surface area contributed by atoms with Crippen molar-refractivity contribution in [2.75, 3.05) is 40.9 Å². The first kappa shape index (κ1) is 82.4. The van der Waals surface area contributed by atoms with Gasteiger partial charge in [-0.1, -0.05) is 307 Å². The molecular formula is C77H133N2O6P. The van der Waals surface area contributed by atoms with Gasteiger partial charge in [-0.05, 0) is 116 Å². The van der Waals surface area contributed by atoms with E-state index in [0.29, 0.717) is 17.4 Å². The van der Waals surface area contributed by atoms with Crippen LogP contribution in [0.15, 0.2) is 146 Å². The summed E-state index contributed by atoms with van der Waals surface area (Å²) in [4.78, 5) is 25.6. The number of nitrogens with one attached hydrogen (secondary N) is 1. The molecule has 0 aromatic heterocycles. The topological polar surface area (TPSA) is 108 Å². The molecule has 0 aromatic rings. The van der Waals surface area contributed by atoms with Crippen molar-refractivity contribution < 1.29 is 32.9 Å². The number of amides is 1. The van der Waals surface area contributed by atoms with E-state index in [1.54, 1.807) is 6.08 Å². The lowest BCUT2D eigenvalue weighted by Gasteiger charge is -2.29. The second-order valence-corrected chi connectivity index (χ2v) is 25.9. The van der Waals surface area contributed by atoms with Crippen molar-refractivity contribution in [2.45, 2.75) is 296 Å². The van der Waals surface area contributed by atoms with Crippen LogP contribution >= 0.6 is 7.82 Å². The highest BCUT2D eigenvalue weighted by Gasteiger charge is 2.23. The van der Waals surface area contributed by atoms with E-state index in [4.69, 9.17) is 9.05 Å². The zero-order valence-corrected chi connectivity index (χ0v) is 57.1. The lowest BCUT2D eigenvalue weighted by molar-refractivity contribution is -0.870. The normalized spacial score (nSPS) is 14.5. The molecule has 0 bridgehead atoms. The summed E-state index contributed by atoms with van der Waals surface area (Å²) < 4.78 is 23.4. The first-order chi connectivity index (χ1) is 42.0. The Morgan fingerprint density at radius 1 is 0.419 bits per heavy atom. The van der Waals surface area contributed by atoms with Crippen LogP contribution < -0.4 is 10.2 Å². The predicted molar refractivity (Wildman–Crippen MR) is 375 cm³/mol. The molecule has 0 heterocycles. The summed E-state index contributed by atoms with van der Waals surface area (Å²) in [6.45, 7) is 4.50. The third-order valence-electron chi connectivity index (χ3n) is 15.0. The van der Waals surface area contributed by atoms with E-state index < -0.39 is 26.6 Å². The van der Waals surface area contributed by atoms with Crippen LogP contribution in [0.1, 0.15) is 284 Å². The fourth-order valence-corrected chi connectivity index (χ4v) is 10.3. The van der Waals surface area contributed by atoms with Gasteiger partial charge in [-0.15, -0.1) is 0 Å². The average Bonchev–Trinajstić information content (AvgIpc) is 3.70. The average molecular weight is 1210 g/mol. The quantitative estimate of drug-likeness (QED) is 0.0272. The minimum absolute atomic E-state index is 0.0212. The Bertz CT molecular complexity index is 1910. The molecule has 8 nitrogen and oxygen atoms in total. The van der Waals surface area contributed by atoms with Crippen molar-refractivity contribution in [3.05, 3.63) is 146 Å². The van der Waals surface area contributed by atoms with Gasteiger partial charge in [-0.3, -0.25) is 9.36 Å². The van der Waals surface area contributed by atoms with Crippen molar-refractivity contribution in [2.24, 2.45) is 0 Å². The van der Waals surface area contributed by atoms with Crippen LogP contribution in [0.5, 0.6) is 0 Å². The molecule has 0 rings (SSSR count). The summed E-state index contributed by atoms with van der Waals surface area (Å²) in [7, 11) is 1.20. The fraction of sp³-hybridized carbons (Fsp3) is 0.675. The number of unbranched alkanes of at least 4 members (excludes halogenated alkanes) is 28. The van der Waals surface area contributed by atoms with Gasteiger partial charge in [-0.25, -0.2) is 0 Å². The molecule has 0 aliphatic carbocycles. The van der Waals surface area contributed by atoms with E-state index in [9.17, 15) is 19.4 Å². The van der Waals surface area contributed by atoms with Gasteiger partial charge in [0, 0.05) is 6.42 Å². The van der Waals surface area contributed by atoms with Crippen LogP contribution in [0.3, 0.4) is 0 Å². The third-order valence-corrected chi connectivity index (χ3v) is 16.0. The molecule has 3 atom stereocenters. The molecule has 0 spiro atoms. The van der Waals surface area contributed by atoms with Gasteiger partial charge in [0.15, 0.2) is 0 Å². The van der Waals surface area contributed by atoms with Crippen LogP contribution in [-0.2, 0) is 18.4 Å². The van der Waals surface area contributed by atoms with E-state index in [0.717, 1.165) is 122 Å². The Balaban J connectivity index is 4.25. The maximum atomic E-state index is 13.0. The number of phosphoric acid groups is 1. The van der Waals surface area contributed by atoms with Crippen molar-refractivity contribution in [3.63, 3.8) is 0 Å². The predicted octanol–water partition coefficient (Wildman–Crippen LogP) is 22.1. The lowest BCUT2D eigenvalue weighted by Crippen LogP contribution is -2.45. The van der Waals surface area contributed by atoms with Crippen molar-refractivity contribution in [1.29, 1.82) is 0 Å². The molecule has 0 saturated carbocycles. The van der Waals surface area contributed by atoms with Gasteiger partial charge in [0.25, 0.3) is 7.82 Å².